The zero-order valence-corrected chi connectivity index (χ0v) is 22.9. The summed E-state index contributed by atoms with van der Waals surface area (Å²) in [5, 5.41) is 16.1. The molecule has 0 fully saturated rings. The molecule has 2 aromatic heterocycles. The molecule has 0 radical (unpaired) electrons. The third-order valence-electron chi connectivity index (χ3n) is 7.34. The molecule has 1 aliphatic heterocycles. The van der Waals surface area contributed by atoms with E-state index in [0.717, 1.165) is 25.2 Å². The summed E-state index contributed by atoms with van der Waals surface area (Å²) in [7, 11) is -0.319. The molecule has 37 heavy (non-hydrogen) atoms. The van der Waals surface area contributed by atoms with E-state index in [-0.39, 0.29) is 5.41 Å². The Labute approximate surface area is 218 Å². The summed E-state index contributed by atoms with van der Waals surface area (Å²) >= 11 is 0. The Balaban J connectivity index is 1.47. The summed E-state index contributed by atoms with van der Waals surface area (Å²) in [5.74, 6) is 1.24. The van der Waals surface area contributed by atoms with Crippen molar-refractivity contribution in [2.24, 2.45) is 0 Å². The van der Waals surface area contributed by atoms with Gasteiger partial charge in [-0.05, 0) is 80.6 Å². The van der Waals surface area contributed by atoms with Gasteiger partial charge in [-0.15, -0.1) is 0 Å². The van der Waals surface area contributed by atoms with Crippen LogP contribution in [-0.2, 0) is 22.9 Å². The summed E-state index contributed by atoms with van der Waals surface area (Å²) in [5.41, 5.74) is 6.30. The van der Waals surface area contributed by atoms with Crippen molar-refractivity contribution in [1.29, 1.82) is 5.26 Å². The molecule has 5 rings (SSSR count). The Kier molecular flexibility index (Phi) is 6.78. The van der Waals surface area contributed by atoms with Crippen LogP contribution in [-0.4, -0.2) is 46.8 Å². The molecular formula is C28H34N7OP. The lowest BCUT2D eigenvalue weighted by molar-refractivity contribution is 0.207. The lowest BCUT2D eigenvalue weighted by Crippen LogP contribution is -2.43. The number of anilines is 4. The zero-order chi connectivity index (χ0) is 26.2. The standard InChI is InChI=1S/C28H34N7OP/c1-28-12-7-5-6-9-19-13-22(14-20(25(19)28)17-35(2)18-28)31-27-30-16-21(15-29)26(34-27)33-23-10-8-11-24(32-23)37(3,4)36/h8,10-11,13-14,16H,5-7,9,12,17-18H2,1-4H3,(H2,30,31,32,33,34). The van der Waals surface area contributed by atoms with Gasteiger partial charge in [0.15, 0.2) is 5.82 Å². The number of aromatic nitrogens is 3. The highest BCUT2D eigenvalue weighted by atomic mass is 31.2. The predicted octanol–water partition coefficient (Wildman–Crippen LogP) is 5.30. The van der Waals surface area contributed by atoms with E-state index < -0.39 is 7.14 Å². The molecule has 3 heterocycles. The lowest BCUT2D eigenvalue weighted by atomic mass is 9.69. The maximum atomic E-state index is 12.5. The Hall–Kier alpha value is -3.27. The number of nitriles is 1. The highest BCUT2D eigenvalue weighted by Crippen LogP contribution is 2.43. The van der Waals surface area contributed by atoms with E-state index in [1.54, 1.807) is 31.5 Å². The van der Waals surface area contributed by atoms with Crippen molar-refractivity contribution in [3.8, 4) is 6.07 Å². The fourth-order valence-corrected chi connectivity index (χ4v) is 6.63. The quantitative estimate of drug-likeness (QED) is 0.441. The number of likely N-dealkylation sites (N-methyl/N-ethyl adjacent to an activating group) is 1. The van der Waals surface area contributed by atoms with Crippen LogP contribution in [0.3, 0.4) is 0 Å². The van der Waals surface area contributed by atoms with Gasteiger partial charge < -0.3 is 20.1 Å². The Morgan fingerprint density at radius 3 is 2.70 bits per heavy atom. The second-order valence-electron chi connectivity index (χ2n) is 11.0. The molecule has 0 amide bonds. The minimum Gasteiger partial charge on any atom is -0.324 e. The van der Waals surface area contributed by atoms with Gasteiger partial charge in [0.05, 0.1) is 6.20 Å². The van der Waals surface area contributed by atoms with Crippen LogP contribution in [0.4, 0.5) is 23.3 Å². The van der Waals surface area contributed by atoms with E-state index in [9.17, 15) is 9.83 Å². The molecular weight excluding hydrogens is 481 g/mol. The fourth-order valence-electron chi connectivity index (χ4n) is 5.83. The Bertz CT molecular complexity index is 1410. The second-order valence-corrected chi connectivity index (χ2v) is 14.2. The van der Waals surface area contributed by atoms with Gasteiger partial charge >= 0.3 is 0 Å². The SMILES string of the molecule is CN1Cc2cc(Nc3ncc(C#N)c(Nc4cccc(P(C)(C)=O)n4)n3)cc3c2C(C)(CCCCC3)C1. The molecule has 3 aromatic rings. The van der Waals surface area contributed by atoms with Gasteiger partial charge in [0.1, 0.15) is 30.0 Å². The van der Waals surface area contributed by atoms with Gasteiger partial charge in [-0.3, -0.25) is 0 Å². The van der Waals surface area contributed by atoms with E-state index in [4.69, 9.17) is 0 Å². The first-order chi connectivity index (χ1) is 17.6. The van der Waals surface area contributed by atoms with Crippen molar-refractivity contribution in [2.45, 2.75) is 51.0 Å². The van der Waals surface area contributed by atoms with Crippen LogP contribution < -0.4 is 16.1 Å². The molecule has 0 saturated heterocycles. The maximum absolute atomic E-state index is 12.5. The first-order valence-electron chi connectivity index (χ1n) is 12.8. The maximum Gasteiger partial charge on any atom is 0.229 e. The van der Waals surface area contributed by atoms with Crippen molar-refractivity contribution in [3.05, 3.63) is 58.8 Å². The van der Waals surface area contributed by atoms with Crippen LogP contribution in [0.25, 0.3) is 0 Å². The van der Waals surface area contributed by atoms with Crippen molar-refractivity contribution >= 4 is 35.8 Å². The van der Waals surface area contributed by atoms with Crippen molar-refractivity contribution in [1.82, 2.24) is 19.9 Å². The summed E-state index contributed by atoms with van der Waals surface area (Å²) in [6.07, 6.45) is 7.56. The third-order valence-corrected chi connectivity index (χ3v) is 8.69. The summed E-state index contributed by atoms with van der Waals surface area (Å²) in [6.45, 7) is 7.80. The minimum atomic E-state index is -2.52. The molecule has 192 valence electrons. The number of hydrogen-bond donors (Lipinski definition) is 2. The molecule has 1 aliphatic carbocycles. The minimum absolute atomic E-state index is 0.182. The molecule has 9 heteroatoms. The fraction of sp³-hybridized carbons (Fsp3) is 0.429. The molecule has 2 aliphatic rings. The van der Waals surface area contributed by atoms with E-state index in [1.807, 2.05) is 0 Å². The normalized spacial score (nSPS) is 19.8. The van der Waals surface area contributed by atoms with Gasteiger partial charge in [0.2, 0.25) is 5.95 Å². The van der Waals surface area contributed by atoms with Crippen molar-refractivity contribution < 1.29 is 4.57 Å². The smallest absolute Gasteiger partial charge is 0.229 e. The van der Waals surface area contributed by atoms with Gasteiger partial charge in [0.25, 0.3) is 0 Å². The van der Waals surface area contributed by atoms with Crippen LogP contribution in [0.5, 0.6) is 0 Å². The number of benzene rings is 1. The van der Waals surface area contributed by atoms with Crippen LogP contribution in [0.15, 0.2) is 36.5 Å². The topological polar surface area (TPSA) is 107 Å². The number of rotatable bonds is 5. The monoisotopic (exact) mass is 515 g/mol. The zero-order valence-electron chi connectivity index (χ0n) is 22.0. The van der Waals surface area contributed by atoms with E-state index in [1.165, 1.54) is 48.6 Å². The van der Waals surface area contributed by atoms with Gasteiger partial charge in [-0.2, -0.15) is 10.2 Å². The Morgan fingerprint density at radius 2 is 1.92 bits per heavy atom. The molecule has 0 saturated carbocycles. The summed E-state index contributed by atoms with van der Waals surface area (Å²) in [6, 6.07) is 11.9. The number of pyridine rings is 1. The number of nitrogens with one attached hydrogen (secondary N) is 2. The van der Waals surface area contributed by atoms with E-state index >= 15 is 0 Å². The van der Waals surface area contributed by atoms with E-state index in [0.29, 0.717) is 28.6 Å². The van der Waals surface area contributed by atoms with Gasteiger partial charge in [-0.1, -0.05) is 25.8 Å². The molecule has 0 bridgehead atoms. The van der Waals surface area contributed by atoms with Crippen molar-refractivity contribution in [3.63, 3.8) is 0 Å². The molecule has 2 N–H and O–H groups in total. The largest absolute Gasteiger partial charge is 0.324 e. The highest BCUT2D eigenvalue weighted by Gasteiger charge is 2.37. The molecule has 0 spiro atoms. The summed E-state index contributed by atoms with van der Waals surface area (Å²) < 4.78 is 12.5. The summed E-state index contributed by atoms with van der Waals surface area (Å²) in [4.78, 5) is 15.9. The first kappa shape index (κ1) is 25.4. The van der Waals surface area contributed by atoms with Gasteiger partial charge in [-0.25, -0.2) is 9.97 Å². The lowest BCUT2D eigenvalue weighted by Gasteiger charge is -2.43. The van der Waals surface area contributed by atoms with Crippen LogP contribution in [0.2, 0.25) is 0 Å². The number of hydrogen-bond acceptors (Lipinski definition) is 8. The van der Waals surface area contributed by atoms with Crippen LogP contribution in [0.1, 0.15) is 54.9 Å². The number of nitrogens with zero attached hydrogens (tertiary/aromatic N) is 5. The molecule has 1 unspecified atom stereocenters. The third kappa shape index (κ3) is 5.39. The second kappa shape index (κ2) is 9.89. The average molecular weight is 516 g/mol. The average Bonchev–Trinajstić information content (AvgIpc) is 2.82. The molecule has 1 aromatic carbocycles. The molecule has 1 atom stereocenters. The van der Waals surface area contributed by atoms with Crippen molar-refractivity contribution in [2.75, 3.05) is 37.6 Å². The van der Waals surface area contributed by atoms with E-state index in [2.05, 4.69) is 62.7 Å². The van der Waals surface area contributed by atoms with Crippen LogP contribution >= 0.6 is 7.14 Å². The number of aryl methyl sites for hydroxylation is 1. The Morgan fingerprint density at radius 1 is 1.11 bits per heavy atom. The predicted molar refractivity (Wildman–Crippen MR) is 149 cm³/mol. The first-order valence-corrected chi connectivity index (χ1v) is 15.4. The van der Waals surface area contributed by atoms with Gasteiger partial charge in [0, 0.05) is 24.2 Å². The van der Waals surface area contributed by atoms with Crippen LogP contribution in [0, 0.1) is 11.3 Å². The highest BCUT2D eigenvalue weighted by molar-refractivity contribution is 7.69. The molecule has 8 nitrogen and oxygen atoms in total.